The van der Waals surface area contributed by atoms with E-state index in [0.717, 1.165) is 38.2 Å². The predicted octanol–water partition coefficient (Wildman–Crippen LogP) is 10.9. The summed E-state index contributed by atoms with van der Waals surface area (Å²) in [7, 11) is -4.79. The number of carbonyl (C=O) groups excluding carboxylic acids is 2. The molecule has 1 N–H and O–H groups in total. The van der Waals surface area contributed by atoms with Crippen LogP contribution >= 0.6 is 0 Å². The molecule has 250 valence electrons. The summed E-state index contributed by atoms with van der Waals surface area (Å²) in [4.78, 5) is 24.9. The molecule has 0 fully saturated rings. The molecule has 0 aliphatic carbocycles. The van der Waals surface area contributed by atoms with E-state index in [1.165, 1.54) is 127 Å². The molecule has 0 bridgehead atoms. The Hall–Kier alpha value is -2.45. The van der Waals surface area contributed by atoms with Crippen molar-refractivity contribution in [2.24, 2.45) is 0 Å². The SMILES string of the molecule is CCCCCCCCCCCC/C=C/OC(=O)c1cccc(S(=O)(=O)O)c1C(=O)O/C=C/CCCCCCCCCCCC. The number of allylic oxidation sites excluding steroid dienone is 2. The molecule has 8 heteroatoms. The summed E-state index contributed by atoms with van der Waals surface area (Å²) in [5.41, 5.74) is -0.844. The molecule has 0 saturated carbocycles. The largest absolute Gasteiger partial charge is 0.431 e. The third kappa shape index (κ3) is 19.0. The van der Waals surface area contributed by atoms with Gasteiger partial charge < -0.3 is 9.47 Å². The number of ether oxygens (including phenoxy) is 2. The average Bonchev–Trinajstić information content (AvgIpc) is 3.00. The van der Waals surface area contributed by atoms with Crippen molar-refractivity contribution in [3.63, 3.8) is 0 Å². The summed E-state index contributed by atoms with van der Waals surface area (Å²) < 4.78 is 44.0. The summed E-state index contributed by atoms with van der Waals surface area (Å²) in [6.07, 6.45) is 31.9. The molecule has 0 amide bonds. The van der Waals surface area contributed by atoms with E-state index in [0.29, 0.717) is 6.42 Å². The van der Waals surface area contributed by atoms with Crippen LogP contribution in [0.2, 0.25) is 0 Å². The maximum absolute atomic E-state index is 12.9. The fourth-order valence-electron chi connectivity index (χ4n) is 5.10. The maximum Gasteiger partial charge on any atom is 0.345 e. The van der Waals surface area contributed by atoms with Crippen LogP contribution < -0.4 is 0 Å². The zero-order valence-corrected chi connectivity index (χ0v) is 28.2. The van der Waals surface area contributed by atoms with E-state index < -0.39 is 32.5 Å². The first-order valence-corrected chi connectivity index (χ1v) is 18.6. The van der Waals surface area contributed by atoms with Crippen molar-refractivity contribution in [1.29, 1.82) is 0 Å². The molecule has 1 aromatic carbocycles. The van der Waals surface area contributed by atoms with Crippen LogP contribution in [0.15, 0.2) is 47.8 Å². The van der Waals surface area contributed by atoms with Gasteiger partial charge in [-0.25, -0.2) is 9.59 Å². The zero-order chi connectivity index (χ0) is 32.3. The minimum absolute atomic E-state index is 0.295. The van der Waals surface area contributed by atoms with E-state index in [1.807, 2.05) is 0 Å². The van der Waals surface area contributed by atoms with E-state index >= 15 is 0 Å². The minimum Gasteiger partial charge on any atom is -0.431 e. The van der Waals surface area contributed by atoms with Gasteiger partial charge in [-0.3, -0.25) is 4.55 Å². The molecule has 1 rings (SSSR count). The van der Waals surface area contributed by atoms with Gasteiger partial charge in [0.25, 0.3) is 10.1 Å². The van der Waals surface area contributed by atoms with Crippen molar-refractivity contribution >= 4 is 22.1 Å². The maximum atomic E-state index is 12.9. The van der Waals surface area contributed by atoms with Crippen molar-refractivity contribution in [2.75, 3.05) is 0 Å². The quantitative estimate of drug-likeness (QED) is 0.0444. The number of unbranched alkanes of at least 4 members (excludes halogenated alkanes) is 20. The first-order valence-electron chi connectivity index (χ1n) is 17.1. The van der Waals surface area contributed by atoms with Crippen LogP contribution in [-0.4, -0.2) is 24.9 Å². The van der Waals surface area contributed by atoms with Crippen LogP contribution in [0, 0.1) is 0 Å². The summed E-state index contributed by atoms with van der Waals surface area (Å²) in [5.74, 6) is -1.96. The lowest BCUT2D eigenvalue weighted by Gasteiger charge is -2.10. The fraction of sp³-hybridized carbons (Fsp3) is 0.667. The Bertz CT molecular complexity index is 1080. The Balaban J connectivity index is 2.49. The molecule has 0 saturated heterocycles. The van der Waals surface area contributed by atoms with E-state index in [1.54, 1.807) is 12.2 Å². The molecule has 1 aromatic rings. The number of carbonyl (C=O) groups is 2. The number of esters is 2. The van der Waals surface area contributed by atoms with Crippen molar-refractivity contribution in [2.45, 2.75) is 160 Å². The van der Waals surface area contributed by atoms with Gasteiger partial charge in [0.1, 0.15) is 4.90 Å². The third-order valence-corrected chi connectivity index (χ3v) is 8.62. The highest BCUT2D eigenvalue weighted by Gasteiger charge is 2.28. The monoisotopic (exact) mass is 634 g/mol. The summed E-state index contributed by atoms with van der Waals surface area (Å²) in [5, 5.41) is 0. The van der Waals surface area contributed by atoms with Crippen molar-refractivity contribution in [1.82, 2.24) is 0 Å². The van der Waals surface area contributed by atoms with Crippen molar-refractivity contribution in [3.8, 4) is 0 Å². The molecular formula is C36H58O7S. The van der Waals surface area contributed by atoms with Gasteiger partial charge in [-0.05, 0) is 50.0 Å². The van der Waals surface area contributed by atoms with E-state index in [4.69, 9.17) is 9.47 Å². The first kappa shape index (κ1) is 39.6. The van der Waals surface area contributed by atoms with E-state index in [9.17, 15) is 22.6 Å². The van der Waals surface area contributed by atoms with Crippen LogP contribution in [0.1, 0.15) is 176 Å². The lowest BCUT2D eigenvalue weighted by atomic mass is 10.1. The number of rotatable bonds is 27. The van der Waals surface area contributed by atoms with Gasteiger partial charge >= 0.3 is 11.9 Å². The van der Waals surface area contributed by atoms with Crippen molar-refractivity contribution < 1.29 is 32.0 Å². The minimum atomic E-state index is -4.79. The third-order valence-electron chi connectivity index (χ3n) is 7.72. The summed E-state index contributed by atoms with van der Waals surface area (Å²) in [6.45, 7) is 4.45. The van der Waals surface area contributed by atoms with Crippen LogP contribution in [0.4, 0.5) is 0 Å². The van der Waals surface area contributed by atoms with E-state index in [2.05, 4.69) is 13.8 Å². The second kappa shape index (κ2) is 25.8. The molecule has 0 heterocycles. The predicted molar refractivity (Wildman–Crippen MR) is 178 cm³/mol. The molecule has 7 nitrogen and oxygen atoms in total. The Kier molecular flexibility index (Phi) is 23.2. The topological polar surface area (TPSA) is 107 Å². The highest BCUT2D eigenvalue weighted by Crippen LogP contribution is 2.22. The molecule has 0 radical (unpaired) electrons. The second-order valence-corrected chi connectivity index (χ2v) is 13.0. The highest BCUT2D eigenvalue weighted by molar-refractivity contribution is 7.86. The molecule has 0 atom stereocenters. The molecule has 0 aliphatic heterocycles. The first-order chi connectivity index (χ1) is 21.3. The van der Waals surface area contributed by atoms with Crippen LogP contribution in [0.3, 0.4) is 0 Å². The van der Waals surface area contributed by atoms with Gasteiger partial charge in [-0.15, -0.1) is 0 Å². The molecule has 0 unspecified atom stereocenters. The fourth-order valence-corrected chi connectivity index (χ4v) is 5.81. The van der Waals surface area contributed by atoms with Gasteiger partial charge in [0.15, 0.2) is 0 Å². The lowest BCUT2D eigenvalue weighted by Crippen LogP contribution is -2.16. The number of benzene rings is 1. The molecule has 0 spiro atoms. The van der Waals surface area contributed by atoms with Gasteiger partial charge in [0.2, 0.25) is 0 Å². The smallest absolute Gasteiger partial charge is 0.345 e. The molecule has 0 aromatic heterocycles. The second-order valence-electron chi connectivity index (χ2n) is 11.6. The van der Waals surface area contributed by atoms with Gasteiger partial charge in [-0.1, -0.05) is 135 Å². The Labute approximate surface area is 267 Å². The molecular weight excluding hydrogens is 576 g/mol. The van der Waals surface area contributed by atoms with Gasteiger partial charge in [0, 0.05) is 0 Å². The molecule has 44 heavy (non-hydrogen) atoms. The Morgan fingerprint density at radius 2 is 1.00 bits per heavy atom. The van der Waals surface area contributed by atoms with E-state index in [-0.39, 0.29) is 5.56 Å². The van der Waals surface area contributed by atoms with Gasteiger partial charge in [0.05, 0.1) is 23.7 Å². The molecule has 0 aliphatic rings. The average molecular weight is 635 g/mol. The van der Waals surface area contributed by atoms with Crippen molar-refractivity contribution in [3.05, 3.63) is 54.0 Å². The standard InChI is InChI=1S/C36H58O7S/c1-3-5-7-9-11-13-15-17-19-21-23-25-30-42-35(37)32-28-27-29-33(44(39,40)41)34(32)36(38)43-31-26-24-22-20-18-16-14-12-10-8-6-4-2/h25-31H,3-24H2,1-2H3,(H,39,40,41)/b30-25+,31-26+. The van der Waals surface area contributed by atoms with Crippen LogP contribution in [-0.2, 0) is 19.6 Å². The van der Waals surface area contributed by atoms with Crippen LogP contribution in [0.5, 0.6) is 0 Å². The summed E-state index contributed by atoms with van der Waals surface area (Å²) in [6, 6.07) is 3.60. The highest BCUT2D eigenvalue weighted by atomic mass is 32.2. The Morgan fingerprint density at radius 3 is 1.41 bits per heavy atom. The normalized spacial score (nSPS) is 11.9. The van der Waals surface area contributed by atoms with Gasteiger partial charge in [-0.2, -0.15) is 8.42 Å². The van der Waals surface area contributed by atoms with Crippen LogP contribution in [0.25, 0.3) is 0 Å². The number of hydrogen-bond acceptors (Lipinski definition) is 6. The zero-order valence-electron chi connectivity index (χ0n) is 27.4. The number of hydrogen-bond donors (Lipinski definition) is 1. The Morgan fingerprint density at radius 1 is 0.614 bits per heavy atom. The summed E-state index contributed by atoms with van der Waals surface area (Å²) >= 11 is 0. The lowest BCUT2D eigenvalue weighted by molar-refractivity contribution is 0.0614.